The van der Waals surface area contributed by atoms with E-state index in [9.17, 15) is 22.8 Å². The maximum atomic E-state index is 12.4. The van der Waals surface area contributed by atoms with Gasteiger partial charge in [0.25, 0.3) is 5.56 Å². The maximum absolute atomic E-state index is 12.4. The third-order valence-corrected chi connectivity index (χ3v) is 3.28. The SMILES string of the molecule is CCn1cc(C#CCNC(=O)C(F)(F)F)c2c(=O)[nH]c(N=CN(C)C)nc21. The second kappa shape index (κ2) is 7.94. The molecule has 0 saturated heterocycles. The van der Waals surface area contributed by atoms with Gasteiger partial charge in [0.05, 0.1) is 23.8 Å². The van der Waals surface area contributed by atoms with Crippen molar-refractivity contribution < 1.29 is 18.0 Å². The first-order valence-electron chi connectivity index (χ1n) is 7.81. The zero-order valence-electron chi connectivity index (χ0n) is 14.8. The largest absolute Gasteiger partial charge is 0.471 e. The van der Waals surface area contributed by atoms with E-state index in [4.69, 9.17) is 0 Å². The molecule has 0 unspecified atom stereocenters. The highest BCUT2D eigenvalue weighted by molar-refractivity contribution is 5.84. The first kappa shape index (κ1) is 20.0. The van der Waals surface area contributed by atoms with Crippen molar-refractivity contribution in [1.29, 1.82) is 0 Å². The number of nitrogens with zero attached hydrogens (tertiary/aromatic N) is 4. The van der Waals surface area contributed by atoms with Gasteiger partial charge in [-0.25, -0.2) is 4.99 Å². The van der Waals surface area contributed by atoms with Crippen LogP contribution in [0.2, 0.25) is 0 Å². The molecular weight excluding hydrogens is 365 g/mol. The van der Waals surface area contributed by atoms with Crippen molar-refractivity contribution in [3.63, 3.8) is 0 Å². The van der Waals surface area contributed by atoms with Crippen LogP contribution in [0.25, 0.3) is 11.0 Å². The number of carbonyl (C=O) groups is 1. The molecule has 0 aliphatic heterocycles. The van der Waals surface area contributed by atoms with Crippen molar-refractivity contribution in [3.05, 3.63) is 22.1 Å². The molecule has 0 aliphatic carbocycles. The van der Waals surface area contributed by atoms with Crippen molar-refractivity contribution in [2.24, 2.45) is 4.99 Å². The number of aryl methyl sites for hydroxylation is 1. The molecule has 0 atom stereocenters. The molecule has 0 spiro atoms. The van der Waals surface area contributed by atoms with E-state index in [1.807, 2.05) is 6.92 Å². The molecule has 2 rings (SSSR count). The summed E-state index contributed by atoms with van der Waals surface area (Å²) in [5, 5.41) is 1.85. The smallest absolute Gasteiger partial charge is 0.369 e. The van der Waals surface area contributed by atoms with Gasteiger partial charge in [-0.2, -0.15) is 18.2 Å². The van der Waals surface area contributed by atoms with E-state index in [-0.39, 0.29) is 11.3 Å². The molecule has 0 fully saturated rings. The summed E-state index contributed by atoms with van der Waals surface area (Å²) in [7, 11) is 3.53. The maximum Gasteiger partial charge on any atom is 0.471 e. The van der Waals surface area contributed by atoms with Crippen LogP contribution in [-0.2, 0) is 11.3 Å². The summed E-state index contributed by atoms with van der Waals surface area (Å²) in [4.78, 5) is 35.7. The predicted molar refractivity (Wildman–Crippen MR) is 93.8 cm³/mol. The average Bonchev–Trinajstić information content (AvgIpc) is 2.94. The first-order valence-corrected chi connectivity index (χ1v) is 7.81. The summed E-state index contributed by atoms with van der Waals surface area (Å²) in [6, 6.07) is 0. The van der Waals surface area contributed by atoms with Gasteiger partial charge < -0.3 is 14.8 Å². The van der Waals surface area contributed by atoms with Crippen LogP contribution < -0.4 is 10.9 Å². The Labute approximate surface area is 152 Å². The third kappa shape index (κ3) is 4.87. The molecule has 11 heteroatoms. The molecule has 144 valence electrons. The fourth-order valence-electron chi connectivity index (χ4n) is 2.11. The van der Waals surface area contributed by atoms with Crippen LogP contribution in [-0.4, -0.2) is 58.5 Å². The Bertz CT molecular complexity index is 992. The zero-order chi connectivity index (χ0) is 20.2. The Morgan fingerprint density at radius 1 is 1.48 bits per heavy atom. The van der Waals surface area contributed by atoms with Crippen LogP contribution in [0.4, 0.5) is 19.1 Å². The molecule has 2 N–H and O–H groups in total. The summed E-state index contributed by atoms with van der Waals surface area (Å²) in [6.07, 6.45) is -1.91. The monoisotopic (exact) mass is 382 g/mol. The lowest BCUT2D eigenvalue weighted by molar-refractivity contribution is -0.173. The summed E-state index contributed by atoms with van der Waals surface area (Å²) >= 11 is 0. The number of fused-ring (bicyclic) bond motifs is 1. The fourth-order valence-corrected chi connectivity index (χ4v) is 2.11. The predicted octanol–water partition coefficient (Wildman–Crippen LogP) is 0.996. The molecule has 0 aromatic carbocycles. The number of carbonyl (C=O) groups excluding carboxylic acids is 1. The highest BCUT2D eigenvalue weighted by Gasteiger charge is 2.38. The van der Waals surface area contributed by atoms with Gasteiger partial charge in [0.2, 0.25) is 5.95 Å². The van der Waals surface area contributed by atoms with E-state index in [2.05, 4.69) is 26.8 Å². The van der Waals surface area contributed by atoms with Gasteiger partial charge in [-0.05, 0) is 6.92 Å². The van der Waals surface area contributed by atoms with Crippen molar-refractivity contribution in [2.75, 3.05) is 20.6 Å². The number of hydrogen-bond donors (Lipinski definition) is 2. The lowest BCUT2D eigenvalue weighted by Gasteiger charge is -2.03. The second-order valence-electron chi connectivity index (χ2n) is 5.61. The Kier molecular flexibility index (Phi) is 5.89. The molecule has 1 amide bonds. The number of aliphatic imine (C=N–C) groups is 1. The second-order valence-corrected chi connectivity index (χ2v) is 5.61. The zero-order valence-corrected chi connectivity index (χ0v) is 14.8. The van der Waals surface area contributed by atoms with E-state index < -0.39 is 24.2 Å². The molecule has 2 aromatic heterocycles. The van der Waals surface area contributed by atoms with Crippen LogP contribution in [0, 0.1) is 11.8 Å². The Balaban J connectivity index is 2.35. The topological polar surface area (TPSA) is 95.4 Å². The number of aromatic nitrogens is 3. The number of hydrogen-bond acceptors (Lipinski definition) is 4. The number of nitrogens with one attached hydrogen (secondary N) is 2. The minimum absolute atomic E-state index is 0.117. The number of rotatable bonds is 4. The van der Waals surface area contributed by atoms with Crippen LogP contribution in [0.1, 0.15) is 12.5 Å². The van der Waals surface area contributed by atoms with E-state index in [1.165, 1.54) is 6.34 Å². The molecule has 2 heterocycles. The Morgan fingerprint density at radius 3 is 2.78 bits per heavy atom. The molecule has 0 aliphatic rings. The van der Waals surface area contributed by atoms with E-state index in [0.717, 1.165) is 0 Å². The lowest BCUT2D eigenvalue weighted by Crippen LogP contribution is -2.36. The standard InChI is InChI=1S/C16H17F3N6O2/c1-4-25-8-10(6-5-7-20-14(27)16(17,18)19)11-12(25)22-15(23-13(11)26)21-9-24(2)3/h8-9H,4,7H2,1-3H3,(H,20,27)(H,22,23,26). The third-order valence-electron chi connectivity index (χ3n) is 3.28. The fraction of sp³-hybridized carbons (Fsp3) is 0.375. The summed E-state index contributed by atoms with van der Waals surface area (Å²) < 4.78 is 38.1. The molecule has 0 bridgehead atoms. The van der Waals surface area contributed by atoms with Crippen molar-refractivity contribution >= 4 is 29.2 Å². The summed E-state index contributed by atoms with van der Waals surface area (Å²) in [5.41, 5.74) is 0.183. The lowest BCUT2D eigenvalue weighted by atomic mass is 10.2. The van der Waals surface area contributed by atoms with E-state index >= 15 is 0 Å². The van der Waals surface area contributed by atoms with Gasteiger partial charge in [-0.1, -0.05) is 11.8 Å². The van der Waals surface area contributed by atoms with Crippen LogP contribution in [0.3, 0.4) is 0 Å². The van der Waals surface area contributed by atoms with Gasteiger partial charge in [-0.3, -0.25) is 14.6 Å². The quantitative estimate of drug-likeness (QED) is 0.469. The average molecular weight is 382 g/mol. The molecule has 0 radical (unpaired) electrons. The highest BCUT2D eigenvalue weighted by Crippen LogP contribution is 2.17. The van der Waals surface area contributed by atoms with Gasteiger partial charge in [0.1, 0.15) is 0 Å². The van der Waals surface area contributed by atoms with Gasteiger partial charge >= 0.3 is 12.1 Å². The minimum atomic E-state index is -4.97. The summed E-state index contributed by atoms with van der Waals surface area (Å²) in [6.45, 7) is 1.83. The number of halogens is 3. The number of alkyl halides is 3. The molecule has 27 heavy (non-hydrogen) atoms. The molecule has 8 nitrogen and oxygen atoms in total. The Morgan fingerprint density at radius 2 is 2.19 bits per heavy atom. The number of H-pyrrole nitrogens is 1. The van der Waals surface area contributed by atoms with Gasteiger partial charge in [0, 0.05) is 26.8 Å². The minimum Gasteiger partial charge on any atom is -0.369 e. The van der Waals surface area contributed by atoms with Crippen molar-refractivity contribution in [1.82, 2.24) is 24.8 Å². The van der Waals surface area contributed by atoms with Crippen LogP contribution in [0.15, 0.2) is 16.0 Å². The first-order chi connectivity index (χ1) is 12.6. The van der Waals surface area contributed by atoms with Crippen LogP contribution in [0.5, 0.6) is 0 Å². The van der Waals surface area contributed by atoms with Crippen molar-refractivity contribution in [2.45, 2.75) is 19.6 Å². The van der Waals surface area contributed by atoms with Crippen LogP contribution >= 0.6 is 0 Å². The van der Waals surface area contributed by atoms with Gasteiger partial charge in [-0.15, -0.1) is 0 Å². The van der Waals surface area contributed by atoms with Crippen molar-refractivity contribution in [3.8, 4) is 11.8 Å². The van der Waals surface area contributed by atoms with E-state index in [1.54, 1.807) is 35.1 Å². The Hall–Kier alpha value is -3.29. The van der Waals surface area contributed by atoms with E-state index in [0.29, 0.717) is 17.8 Å². The molecule has 0 saturated carbocycles. The van der Waals surface area contributed by atoms with Gasteiger partial charge in [0.15, 0.2) is 5.65 Å². The molecule has 2 aromatic rings. The highest BCUT2D eigenvalue weighted by atomic mass is 19.4. The number of aromatic amines is 1. The molecular formula is C16H17F3N6O2. The number of amides is 1. The normalized spacial score (nSPS) is 11.5. The summed E-state index contributed by atoms with van der Waals surface area (Å²) in [5.74, 6) is 3.05.